The molecule has 0 spiro atoms. The van der Waals surface area contributed by atoms with Gasteiger partial charge >= 0.3 is 19.3 Å². The van der Waals surface area contributed by atoms with E-state index in [9.17, 15) is 9.59 Å². The minimum Gasteiger partial charge on any atom is -0.444 e. The zero-order chi connectivity index (χ0) is 24.5. The fraction of sp³-hybridized carbons (Fsp3) is 0.773. The number of alkyl carbamates (subject to hydrolysis) is 1. The van der Waals surface area contributed by atoms with Crippen molar-refractivity contribution in [2.75, 3.05) is 13.1 Å². The van der Waals surface area contributed by atoms with Crippen LogP contribution in [0.25, 0.3) is 0 Å². The van der Waals surface area contributed by atoms with Gasteiger partial charge in [-0.2, -0.15) is 0 Å². The Morgan fingerprint density at radius 3 is 2.00 bits per heavy atom. The molecule has 2 amide bonds. The molecule has 1 fully saturated rings. The first-order valence-corrected chi connectivity index (χ1v) is 11.0. The number of carbonyl (C=O) groups is 2. The van der Waals surface area contributed by atoms with Crippen LogP contribution in [-0.2, 0) is 18.8 Å². The van der Waals surface area contributed by atoms with Crippen molar-refractivity contribution >= 4 is 25.3 Å². The molecule has 32 heavy (non-hydrogen) atoms. The predicted molar refractivity (Wildman–Crippen MR) is 123 cm³/mol. The Bertz CT molecular complexity index is 776. The van der Waals surface area contributed by atoms with E-state index < -0.39 is 41.7 Å². The van der Waals surface area contributed by atoms with E-state index in [1.165, 1.54) is 0 Å². The molecule has 0 aromatic carbocycles. The fourth-order valence-electron chi connectivity index (χ4n) is 3.03. The van der Waals surface area contributed by atoms with E-state index in [-0.39, 0.29) is 5.96 Å². The average molecular weight is 451 g/mol. The molecule has 2 aliphatic heterocycles. The number of amides is 2. The van der Waals surface area contributed by atoms with Gasteiger partial charge in [-0.3, -0.25) is 5.32 Å². The summed E-state index contributed by atoms with van der Waals surface area (Å²) in [6, 6.07) is 0. The topological polar surface area (TPSA) is 98.7 Å². The van der Waals surface area contributed by atoms with Crippen LogP contribution in [0, 0.1) is 0 Å². The van der Waals surface area contributed by atoms with Crippen LogP contribution in [0.5, 0.6) is 0 Å². The maximum absolute atomic E-state index is 12.3. The summed E-state index contributed by atoms with van der Waals surface area (Å²) < 4.78 is 22.9. The largest absolute Gasteiger partial charge is 0.490 e. The monoisotopic (exact) mass is 451 g/mol. The van der Waals surface area contributed by atoms with Crippen LogP contribution >= 0.6 is 0 Å². The lowest BCUT2D eigenvalue weighted by Gasteiger charge is -2.32. The second-order valence-corrected chi connectivity index (χ2v) is 11.1. The van der Waals surface area contributed by atoms with Gasteiger partial charge in [-0.25, -0.2) is 9.59 Å². The number of hydrogen-bond donors (Lipinski definition) is 1. The van der Waals surface area contributed by atoms with Gasteiger partial charge < -0.3 is 23.7 Å². The van der Waals surface area contributed by atoms with Crippen LogP contribution in [0.1, 0.15) is 75.7 Å². The highest BCUT2D eigenvalue weighted by molar-refractivity contribution is 6.54. The Balaban J connectivity index is 2.16. The van der Waals surface area contributed by atoms with E-state index in [1.807, 2.05) is 33.8 Å². The molecule has 1 N–H and O–H groups in total. The minimum absolute atomic E-state index is 0.0812. The first kappa shape index (κ1) is 26.2. The highest BCUT2D eigenvalue weighted by atomic mass is 16.7. The number of rotatable bonds is 1. The van der Waals surface area contributed by atoms with Gasteiger partial charge in [0.2, 0.25) is 5.96 Å². The van der Waals surface area contributed by atoms with Gasteiger partial charge in [0.25, 0.3) is 0 Å². The molecule has 0 bridgehead atoms. The van der Waals surface area contributed by atoms with E-state index in [0.717, 1.165) is 5.47 Å². The van der Waals surface area contributed by atoms with E-state index in [0.29, 0.717) is 19.5 Å². The van der Waals surface area contributed by atoms with Crippen LogP contribution in [0.4, 0.5) is 9.59 Å². The number of carbonyl (C=O) groups excluding carboxylic acids is 2. The van der Waals surface area contributed by atoms with Crippen molar-refractivity contribution in [2.24, 2.45) is 4.99 Å². The van der Waals surface area contributed by atoms with Crippen molar-refractivity contribution in [2.45, 2.75) is 98.1 Å². The molecule has 0 atom stereocenters. The highest BCUT2D eigenvalue weighted by Gasteiger charge is 2.52. The number of guanidine groups is 1. The lowest BCUT2D eigenvalue weighted by molar-refractivity contribution is 0.00578. The molecule has 180 valence electrons. The first-order chi connectivity index (χ1) is 14.4. The molecule has 0 aromatic heterocycles. The van der Waals surface area contributed by atoms with E-state index in [2.05, 4.69) is 10.3 Å². The predicted octanol–water partition coefficient (Wildman–Crippen LogP) is 4.07. The second-order valence-electron chi connectivity index (χ2n) is 11.1. The summed E-state index contributed by atoms with van der Waals surface area (Å²) in [5.41, 5.74) is -1.21. The molecule has 0 aliphatic carbocycles. The lowest BCUT2D eigenvalue weighted by Crippen LogP contribution is -2.48. The third kappa shape index (κ3) is 7.23. The maximum atomic E-state index is 12.3. The van der Waals surface area contributed by atoms with Crippen molar-refractivity contribution in [1.29, 1.82) is 0 Å². The Labute approximate surface area is 192 Å². The molecule has 2 heterocycles. The van der Waals surface area contributed by atoms with Gasteiger partial charge in [-0.1, -0.05) is 6.08 Å². The zero-order valence-electron chi connectivity index (χ0n) is 21.1. The fourth-order valence-corrected chi connectivity index (χ4v) is 3.03. The Kier molecular flexibility index (Phi) is 7.41. The zero-order valence-corrected chi connectivity index (χ0v) is 21.1. The lowest BCUT2D eigenvalue weighted by atomic mass is 9.75. The average Bonchev–Trinajstić information content (AvgIpc) is 2.79. The molecular formula is C22H38BN3O6. The molecule has 2 aliphatic rings. The van der Waals surface area contributed by atoms with Crippen molar-refractivity contribution in [3.8, 4) is 0 Å². The standard InChI is InChI=1S/C22H38BN3O6/c1-19(2,3)29-17(27)24-16(25-18(28)30-20(4,5)6)26-13-11-15(12-14-26)23-31-21(7,8)22(9,10)32-23/h11H,12-14H2,1-10H3,(H,24,25,27,28). The molecule has 9 nitrogen and oxygen atoms in total. The Hall–Kier alpha value is -2.07. The molecule has 10 heteroatoms. The van der Waals surface area contributed by atoms with Crippen LogP contribution < -0.4 is 5.32 Å². The minimum atomic E-state index is -0.788. The summed E-state index contributed by atoms with van der Waals surface area (Å²) >= 11 is 0. The molecule has 0 aromatic rings. The molecule has 0 unspecified atom stereocenters. The summed E-state index contributed by atoms with van der Waals surface area (Å²) in [7, 11) is -0.424. The van der Waals surface area contributed by atoms with Crippen molar-refractivity contribution < 1.29 is 28.4 Å². The molecule has 2 rings (SSSR count). The number of nitrogens with one attached hydrogen (secondary N) is 1. The maximum Gasteiger partial charge on any atom is 0.490 e. The third-order valence-electron chi connectivity index (χ3n) is 5.30. The summed E-state index contributed by atoms with van der Waals surface area (Å²) in [6.45, 7) is 19.5. The van der Waals surface area contributed by atoms with E-state index in [1.54, 1.807) is 46.4 Å². The van der Waals surface area contributed by atoms with Crippen LogP contribution in [0.15, 0.2) is 16.5 Å². The van der Waals surface area contributed by atoms with Crippen molar-refractivity contribution in [3.63, 3.8) is 0 Å². The Morgan fingerprint density at radius 2 is 1.56 bits per heavy atom. The summed E-state index contributed by atoms with van der Waals surface area (Å²) in [6.07, 6.45) is 1.12. The number of ether oxygens (including phenoxy) is 2. The van der Waals surface area contributed by atoms with Gasteiger partial charge in [0, 0.05) is 13.1 Å². The molecule has 0 radical (unpaired) electrons. The highest BCUT2D eigenvalue weighted by Crippen LogP contribution is 2.39. The van der Waals surface area contributed by atoms with Crippen LogP contribution in [-0.4, -0.2) is 65.7 Å². The normalized spacial score (nSPS) is 21.2. The van der Waals surface area contributed by atoms with Crippen LogP contribution in [0.2, 0.25) is 0 Å². The summed E-state index contributed by atoms with van der Waals surface area (Å²) in [4.78, 5) is 30.4. The van der Waals surface area contributed by atoms with Gasteiger partial charge in [0.15, 0.2) is 0 Å². The smallest absolute Gasteiger partial charge is 0.444 e. The number of aliphatic imine (C=N–C) groups is 1. The van der Waals surface area contributed by atoms with Crippen molar-refractivity contribution in [1.82, 2.24) is 10.2 Å². The molecule has 1 saturated heterocycles. The number of nitrogens with zero attached hydrogens (tertiary/aromatic N) is 2. The van der Waals surface area contributed by atoms with Gasteiger partial charge in [-0.05, 0) is 81.1 Å². The van der Waals surface area contributed by atoms with Gasteiger partial charge in [0.05, 0.1) is 11.2 Å². The van der Waals surface area contributed by atoms with Crippen molar-refractivity contribution in [3.05, 3.63) is 11.5 Å². The third-order valence-corrected chi connectivity index (χ3v) is 5.30. The summed E-state index contributed by atoms with van der Waals surface area (Å²) in [5, 5.41) is 2.59. The first-order valence-electron chi connectivity index (χ1n) is 11.0. The van der Waals surface area contributed by atoms with Crippen LogP contribution in [0.3, 0.4) is 0 Å². The molecular weight excluding hydrogens is 413 g/mol. The quantitative estimate of drug-likeness (QED) is 0.365. The van der Waals surface area contributed by atoms with E-state index >= 15 is 0 Å². The SMILES string of the molecule is CC(C)(C)OC(=O)N=C(NC(=O)OC(C)(C)C)N1CC=C(B2OC(C)(C)C(C)(C)O2)CC1. The number of hydrogen-bond acceptors (Lipinski definition) is 6. The second kappa shape index (κ2) is 9.06. The Morgan fingerprint density at radius 1 is 1.03 bits per heavy atom. The van der Waals surface area contributed by atoms with Gasteiger partial charge in [0.1, 0.15) is 11.2 Å². The van der Waals surface area contributed by atoms with E-state index in [4.69, 9.17) is 18.8 Å². The summed E-state index contributed by atoms with van der Waals surface area (Å²) in [5.74, 6) is 0.0812. The van der Waals surface area contributed by atoms with Gasteiger partial charge in [-0.15, -0.1) is 4.99 Å². The molecule has 0 saturated carbocycles.